The molecule has 1 aromatic heterocycles. The van der Waals surface area contributed by atoms with Crippen molar-refractivity contribution in [3.05, 3.63) is 53.6 Å². The number of aromatic nitrogens is 2. The van der Waals surface area contributed by atoms with Crippen LogP contribution in [0.4, 0.5) is 0 Å². The third-order valence-corrected chi connectivity index (χ3v) is 3.45. The van der Waals surface area contributed by atoms with Crippen molar-refractivity contribution in [1.29, 1.82) is 0 Å². The van der Waals surface area contributed by atoms with E-state index in [0.29, 0.717) is 0 Å². The van der Waals surface area contributed by atoms with E-state index in [2.05, 4.69) is 47.7 Å². The molecule has 2 aromatic rings. The number of hydrogen-bond acceptors (Lipinski definition) is 2. The Morgan fingerprint density at radius 1 is 1.26 bits per heavy atom. The zero-order chi connectivity index (χ0) is 13.7. The summed E-state index contributed by atoms with van der Waals surface area (Å²) in [6.45, 7) is 5.34. The van der Waals surface area contributed by atoms with Crippen LogP contribution in [0.25, 0.3) is 0 Å². The summed E-state index contributed by atoms with van der Waals surface area (Å²) in [4.78, 5) is 4.42. The molecule has 0 aliphatic rings. The molecule has 2 N–H and O–H groups in total. The minimum atomic E-state index is 0.124. The molecule has 0 aliphatic heterocycles. The van der Waals surface area contributed by atoms with Crippen LogP contribution in [0.5, 0.6) is 0 Å². The maximum Gasteiger partial charge on any atom is 0.110 e. The molecular weight excluding hydrogens is 234 g/mol. The van der Waals surface area contributed by atoms with Gasteiger partial charge in [-0.1, -0.05) is 31.2 Å². The average Bonchev–Trinajstić information content (AvgIpc) is 2.80. The quantitative estimate of drug-likeness (QED) is 0.864. The zero-order valence-corrected chi connectivity index (χ0v) is 11.8. The van der Waals surface area contributed by atoms with Crippen LogP contribution in [0.2, 0.25) is 0 Å². The van der Waals surface area contributed by atoms with Crippen LogP contribution in [0, 0.1) is 6.92 Å². The molecule has 1 aromatic carbocycles. The van der Waals surface area contributed by atoms with Crippen LogP contribution < -0.4 is 5.73 Å². The van der Waals surface area contributed by atoms with E-state index in [0.717, 1.165) is 31.6 Å². The van der Waals surface area contributed by atoms with Gasteiger partial charge in [-0.15, -0.1) is 0 Å². The third-order valence-electron chi connectivity index (χ3n) is 3.45. The average molecular weight is 257 g/mol. The molecule has 3 heteroatoms. The van der Waals surface area contributed by atoms with Gasteiger partial charge in [-0.2, -0.15) is 0 Å². The van der Waals surface area contributed by atoms with Crippen molar-refractivity contribution in [2.45, 2.75) is 45.7 Å². The number of nitrogens with two attached hydrogens (primary N) is 1. The second-order valence-corrected chi connectivity index (χ2v) is 5.13. The van der Waals surface area contributed by atoms with Crippen molar-refractivity contribution < 1.29 is 0 Å². The van der Waals surface area contributed by atoms with Crippen LogP contribution in [0.15, 0.2) is 36.7 Å². The number of aryl methyl sites for hydroxylation is 2. The highest BCUT2D eigenvalue weighted by Gasteiger charge is 2.10. The Labute approximate surface area is 115 Å². The van der Waals surface area contributed by atoms with E-state index < -0.39 is 0 Å². The predicted molar refractivity (Wildman–Crippen MR) is 79.1 cm³/mol. The van der Waals surface area contributed by atoms with Gasteiger partial charge in [0, 0.05) is 31.4 Å². The van der Waals surface area contributed by atoms with Crippen LogP contribution in [0.3, 0.4) is 0 Å². The Bertz CT molecular complexity index is 516. The Hall–Kier alpha value is -1.61. The molecule has 0 aliphatic carbocycles. The standard InChI is InChI=1S/C16H23N3/c1-3-9-19-10-8-18-16(19)12-15(17)11-14-7-5-4-6-13(14)2/h4-8,10,15H,3,9,11-12,17H2,1-2H3. The largest absolute Gasteiger partial charge is 0.335 e. The maximum absolute atomic E-state index is 6.28. The summed E-state index contributed by atoms with van der Waals surface area (Å²) in [7, 11) is 0. The van der Waals surface area contributed by atoms with E-state index in [1.807, 2.05) is 12.4 Å². The molecule has 0 fully saturated rings. The van der Waals surface area contributed by atoms with Gasteiger partial charge in [-0.25, -0.2) is 4.98 Å². The first kappa shape index (κ1) is 13.8. The molecule has 19 heavy (non-hydrogen) atoms. The van der Waals surface area contributed by atoms with Gasteiger partial charge in [0.25, 0.3) is 0 Å². The second kappa shape index (κ2) is 6.53. The first-order chi connectivity index (χ1) is 9.20. The SMILES string of the molecule is CCCn1ccnc1CC(N)Cc1ccccc1C. The van der Waals surface area contributed by atoms with E-state index in [1.54, 1.807) is 0 Å². The summed E-state index contributed by atoms with van der Waals surface area (Å²) >= 11 is 0. The number of rotatable bonds is 6. The molecule has 1 unspecified atom stereocenters. The van der Waals surface area contributed by atoms with Crippen molar-refractivity contribution >= 4 is 0 Å². The van der Waals surface area contributed by atoms with E-state index >= 15 is 0 Å². The summed E-state index contributed by atoms with van der Waals surface area (Å²) < 4.78 is 2.21. The van der Waals surface area contributed by atoms with E-state index in [1.165, 1.54) is 11.1 Å². The number of benzene rings is 1. The smallest absolute Gasteiger partial charge is 0.110 e. The molecule has 0 bridgehead atoms. The van der Waals surface area contributed by atoms with Gasteiger partial charge >= 0.3 is 0 Å². The van der Waals surface area contributed by atoms with Gasteiger partial charge in [0.2, 0.25) is 0 Å². The molecule has 0 spiro atoms. The fourth-order valence-electron chi connectivity index (χ4n) is 2.40. The van der Waals surface area contributed by atoms with E-state index in [-0.39, 0.29) is 6.04 Å². The van der Waals surface area contributed by atoms with Crippen LogP contribution in [-0.2, 0) is 19.4 Å². The minimum absolute atomic E-state index is 0.124. The van der Waals surface area contributed by atoms with Crippen molar-refractivity contribution in [3.63, 3.8) is 0 Å². The molecular formula is C16H23N3. The topological polar surface area (TPSA) is 43.8 Å². The van der Waals surface area contributed by atoms with Gasteiger partial charge in [-0.05, 0) is 30.9 Å². The molecule has 1 heterocycles. The van der Waals surface area contributed by atoms with Crippen LogP contribution in [0.1, 0.15) is 30.3 Å². The lowest BCUT2D eigenvalue weighted by molar-refractivity contribution is 0.581. The Balaban J connectivity index is 1.99. The minimum Gasteiger partial charge on any atom is -0.335 e. The first-order valence-electron chi connectivity index (χ1n) is 7.00. The molecule has 0 amide bonds. The monoisotopic (exact) mass is 257 g/mol. The summed E-state index contributed by atoms with van der Waals surface area (Å²) in [5, 5.41) is 0. The van der Waals surface area contributed by atoms with Gasteiger partial charge in [0.1, 0.15) is 5.82 Å². The van der Waals surface area contributed by atoms with Crippen molar-refractivity contribution in [3.8, 4) is 0 Å². The van der Waals surface area contributed by atoms with E-state index in [9.17, 15) is 0 Å². The first-order valence-corrected chi connectivity index (χ1v) is 7.00. The number of hydrogen-bond donors (Lipinski definition) is 1. The fraction of sp³-hybridized carbons (Fsp3) is 0.438. The third kappa shape index (κ3) is 3.67. The van der Waals surface area contributed by atoms with Gasteiger partial charge < -0.3 is 10.3 Å². The second-order valence-electron chi connectivity index (χ2n) is 5.13. The van der Waals surface area contributed by atoms with Crippen molar-refractivity contribution in [2.75, 3.05) is 0 Å². The molecule has 102 valence electrons. The molecule has 0 saturated carbocycles. The highest BCUT2D eigenvalue weighted by Crippen LogP contribution is 2.11. The fourth-order valence-corrected chi connectivity index (χ4v) is 2.40. The summed E-state index contributed by atoms with van der Waals surface area (Å²) in [6, 6.07) is 8.57. The Morgan fingerprint density at radius 3 is 2.79 bits per heavy atom. The lowest BCUT2D eigenvalue weighted by Crippen LogP contribution is -2.27. The Kier molecular flexibility index (Phi) is 4.74. The molecule has 3 nitrogen and oxygen atoms in total. The van der Waals surface area contributed by atoms with Crippen molar-refractivity contribution in [1.82, 2.24) is 9.55 Å². The van der Waals surface area contributed by atoms with Crippen LogP contribution in [-0.4, -0.2) is 15.6 Å². The van der Waals surface area contributed by atoms with Gasteiger partial charge in [-0.3, -0.25) is 0 Å². The number of imidazole rings is 1. The lowest BCUT2D eigenvalue weighted by atomic mass is 10.00. The number of nitrogens with zero attached hydrogens (tertiary/aromatic N) is 2. The molecule has 1 atom stereocenters. The lowest BCUT2D eigenvalue weighted by Gasteiger charge is -2.14. The van der Waals surface area contributed by atoms with Gasteiger partial charge in [0.05, 0.1) is 0 Å². The highest BCUT2D eigenvalue weighted by atomic mass is 15.1. The highest BCUT2D eigenvalue weighted by molar-refractivity contribution is 5.26. The zero-order valence-electron chi connectivity index (χ0n) is 11.8. The predicted octanol–water partition coefficient (Wildman–Crippen LogP) is 2.71. The van der Waals surface area contributed by atoms with E-state index in [4.69, 9.17) is 5.73 Å². The summed E-state index contributed by atoms with van der Waals surface area (Å²) in [5.41, 5.74) is 8.93. The molecule has 0 radical (unpaired) electrons. The van der Waals surface area contributed by atoms with Crippen molar-refractivity contribution in [2.24, 2.45) is 5.73 Å². The molecule has 2 rings (SSSR count). The molecule has 0 saturated heterocycles. The summed E-state index contributed by atoms with van der Waals surface area (Å²) in [6.07, 6.45) is 6.77. The maximum atomic E-state index is 6.28. The van der Waals surface area contributed by atoms with Crippen LogP contribution >= 0.6 is 0 Å². The summed E-state index contributed by atoms with van der Waals surface area (Å²) in [5.74, 6) is 1.10. The normalized spacial score (nSPS) is 12.6. The van der Waals surface area contributed by atoms with Gasteiger partial charge in [0.15, 0.2) is 0 Å². The Morgan fingerprint density at radius 2 is 2.05 bits per heavy atom.